The lowest BCUT2D eigenvalue weighted by atomic mass is 10.2. The van der Waals surface area contributed by atoms with Gasteiger partial charge in [-0.1, -0.05) is 17.7 Å². The van der Waals surface area contributed by atoms with E-state index >= 15 is 0 Å². The van der Waals surface area contributed by atoms with Gasteiger partial charge in [0.05, 0.1) is 10.6 Å². The van der Waals surface area contributed by atoms with Gasteiger partial charge in [0.2, 0.25) is 0 Å². The molecule has 94 valence electrons. The van der Waals surface area contributed by atoms with Crippen molar-refractivity contribution in [2.45, 2.75) is 11.8 Å². The Bertz CT molecular complexity index is 654. The van der Waals surface area contributed by atoms with Crippen LogP contribution >= 0.6 is 15.9 Å². The number of rotatable bonds is 3. The first-order valence-electron chi connectivity index (χ1n) is 5.19. The van der Waals surface area contributed by atoms with Gasteiger partial charge in [0.25, 0.3) is 10.0 Å². The van der Waals surface area contributed by atoms with Crippen LogP contribution in [0.15, 0.2) is 52.1 Å². The number of pyridine rings is 1. The Morgan fingerprint density at radius 3 is 2.44 bits per heavy atom. The number of sulfonamides is 1. The highest BCUT2D eigenvalue weighted by molar-refractivity contribution is 9.10. The Labute approximate surface area is 114 Å². The predicted octanol–water partition coefficient (Wildman–Crippen LogP) is 2.95. The van der Waals surface area contributed by atoms with Crippen LogP contribution in [0.3, 0.4) is 0 Å². The molecule has 0 fully saturated rings. The topological polar surface area (TPSA) is 59.1 Å². The van der Waals surface area contributed by atoms with Crippen molar-refractivity contribution >= 4 is 31.6 Å². The lowest BCUT2D eigenvalue weighted by Crippen LogP contribution is -2.13. The average molecular weight is 327 g/mol. The summed E-state index contributed by atoms with van der Waals surface area (Å²) in [5.74, 6) is 0. The third-order valence-corrected chi connectivity index (χ3v) is 4.35. The van der Waals surface area contributed by atoms with Crippen LogP contribution in [-0.2, 0) is 10.0 Å². The van der Waals surface area contributed by atoms with E-state index in [1.807, 2.05) is 6.92 Å². The SMILES string of the molecule is Cc1ccc(S(=O)(=O)Nc2cccnc2Br)cc1. The fourth-order valence-electron chi connectivity index (χ4n) is 1.38. The van der Waals surface area contributed by atoms with E-state index in [2.05, 4.69) is 25.6 Å². The third kappa shape index (κ3) is 2.88. The van der Waals surface area contributed by atoms with Crippen LogP contribution in [0.5, 0.6) is 0 Å². The van der Waals surface area contributed by atoms with Gasteiger partial charge >= 0.3 is 0 Å². The largest absolute Gasteiger partial charge is 0.277 e. The molecule has 0 saturated heterocycles. The van der Waals surface area contributed by atoms with Gasteiger partial charge in [-0.2, -0.15) is 0 Å². The molecule has 1 aromatic heterocycles. The summed E-state index contributed by atoms with van der Waals surface area (Å²) in [6.07, 6.45) is 1.58. The molecular weight excluding hydrogens is 316 g/mol. The Hall–Kier alpha value is -1.40. The van der Waals surface area contributed by atoms with Gasteiger partial charge in [0.1, 0.15) is 4.60 Å². The summed E-state index contributed by atoms with van der Waals surface area (Å²) < 4.78 is 27.2. The Kier molecular flexibility index (Phi) is 3.68. The third-order valence-electron chi connectivity index (χ3n) is 2.33. The maximum Gasteiger partial charge on any atom is 0.261 e. The van der Waals surface area contributed by atoms with E-state index in [9.17, 15) is 8.42 Å². The van der Waals surface area contributed by atoms with Gasteiger partial charge in [-0.25, -0.2) is 13.4 Å². The zero-order valence-electron chi connectivity index (χ0n) is 9.59. The number of aryl methyl sites for hydroxylation is 1. The summed E-state index contributed by atoms with van der Waals surface area (Å²) in [4.78, 5) is 4.19. The maximum atomic E-state index is 12.1. The van der Waals surface area contributed by atoms with Crippen LogP contribution in [-0.4, -0.2) is 13.4 Å². The van der Waals surface area contributed by atoms with Crippen LogP contribution in [0, 0.1) is 6.92 Å². The average Bonchev–Trinajstić information content (AvgIpc) is 2.32. The number of aromatic nitrogens is 1. The fraction of sp³-hybridized carbons (Fsp3) is 0.0833. The molecule has 4 nitrogen and oxygen atoms in total. The van der Waals surface area contributed by atoms with Gasteiger partial charge in [0.15, 0.2) is 0 Å². The zero-order valence-corrected chi connectivity index (χ0v) is 12.0. The van der Waals surface area contributed by atoms with Crippen molar-refractivity contribution in [1.82, 2.24) is 4.98 Å². The smallest absolute Gasteiger partial charge is 0.261 e. The number of nitrogens with zero attached hydrogens (tertiary/aromatic N) is 1. The normalized spacial score (nSPS) is 11.2. The van der Waals surface area contributed by atoms with E-state index in [0.717, 1.165) is 5.56 Å². The summed E-state index contributed by atoms with van der Waals surface area (Å²) in [6.45, 7) is 1.90. The summed E-state index contributed by atoms with van der Waals surface area (Å²) in [7, 11) is -3.57. The molecule has 0 atom stereocenters. The second kappa shape index (κ2) is 5.07. The molecule has 6 heteroatoms. The lowest BCUT2D eigenvalue weighted by molar-refractivity contribution is 0.601. The molecule has 0 aliphatic carbocycles. The zero-order chi connectivity index (χ0) is 13.2. The van der Waals surface area contributed by atoms with Crippen molar-refractivity contribution in [1.29, 1.82) is 0 Å². The van der Waals surface area contributed by atoms with Gasteiger partial charge < -0.3 is 0 Å². The Balaban J connectivity index is 2.33. The van der Waals surface area contributed by atoms with E-state index in [1.165, 1.54) is 0 Å². The lowest BCUT2D eigenvalue weighted by Gasteiger charge is -2.09. The van der Waals surface area contributed by atoms with Crippen LogP contribution in [0.2, 0.25) is 0 Å². The van der Waals surface area contributed by atoms with E-state index in [4.69, 9.17) is 0 Å². The molecule has 0 unspecified atom stereocenters. The van der Waals surface area contributed by atoms with Gasteiger partial charge in [-0.3, -0.25) is 4.72 Å². The maximum absolute atomic E-state index is 12.1. The van der Waals surface area contributed by atoms with Crippen LogP contribution in [0.25, 0.3) is 0 Å². The number of benzene rings is 1. The second-order valence-corrected chi connectivity index (χ2v) is 6.19. The van der Waals surface area contributed by atoms with Gasteiger partial charge in [-0.15, -0.1) is 0 Å². The van der Waals surface area contributed by atoms with Crippen molar-refractivity contribution in [3.8, 4) is 0 Å². The molecule has 0 aliphatic heterocycles. The minimum absolute atomic E-state index is 0.226. The van der Waals surface area contributed by atoms with Gasteiger partial charge in [-0.05, 0) is 47.1 Å². The number of halogens is 1. The molecule has 2 rings (SSSR count). The molecule has 1 N–H and O–H groups in total. The van der Waals surface area contributed by atoms with Crippen LogP contribution in [0.1, 0.15) is 5.56 Å². The molecule has 18 heavy (non-hydrogen) atoms. The Morgan fingerprint density at radius 2 is 1.83 bits per heavy atom. The molecule has 0 radical (unpaired) electrons. The van der Waals surface area contributed by atoms with Crippen molar-refractivity contribution in [2.24, 2.45) is 0 Å². The molecule has 2 aromatic rings. The standard InChI is InChI=1S/C12H11BrN2O2S/c1-9-4-6-10(7-5-9)18(16,17)15-11-3-2-8-14-12(11)13/h2-8,15H,1H3. The summed E-state index contributed by atoms with van der Waals surface area (Å²) in [6, 6.07) is 9.96. The van der Waals surface area contributed by atoms with Crippen LogP contribution < -0.4 is 4.72 Å². The molecule has 1 aromatic carbocycles. The van der Waals surface area contributed by atoms with Crippen molar-refractivity contribution in [2.75, 3.05) is 4.72 Å². The van der Waals surface area contributed by atoms with Crippen LogP contribution in [0.4, 0.5) is 5.69 Å². The molecule has 0 spiro atoms. The highest BCUT2D eigenvalue weighted by atomic mass is 79.9. The highest BCUT2D eigenvalue weighted by Gasteiger charge is 2.15. The molecule has 1 heterocycles. The molecule has 0 saturated carbocycles. The number of hydrogen-bond acceptors (Lipinski definition) is 3. The molecular formula is C12H11BrN2O2S. The summed E-state index contributed by atoms with van der Waals surface area (Å²) >= 11 is 3.20. The first-order chi connectivity index (χ1) is 8.49. The highest BCUT2D eigenvalue weighted by Crippen LogP contribution is 2.22. The van der Waals surface area contributed by atoms with Crippen molar-refractivity contribution in [3.05, 3.63) is 52.8 Å². The predicted molar refractivity (Wildman–Crippen MR) is 73.9 cm³/mol. The number of anilines is 1. The summed E-state index contributed by atoms with van der Waals surface area (Å²) in [5.41, 5.74) is 1.43. The monoisotopic (exact) mass is 326 g/mol. The summed E-state index contributed by atoms with van der Waals surface area (Å²) in [5, 5.41) is 0. The molecule has 0 amide bonds. The Morgan fingerprint density at radius 1 is 1.17 bits per heavy atom. The van der Waals surface area contributed by atoms with Gasteiger partial charge in [0, 0.05) is 6.20 Å². The van der Waals surface area contributed by atoms with E-state index in [1.54, 1.807) is 42.6 Å². The van der Waals surface area contributed by atoms with Crippen molar-refractivity contribution < 1.29 is 8.42 Å². The van der Waals surface area contributed by atoms with E-state index < -0.39 is 10.0 Å². The fourth-order valence-corrected chi connectivity index (χ4v) is 2.93. The molecule has 0 bridgehead atoms. The quantitative estimate of drug-likeness (QED) is 0.882. The minimum atomic E-state index is -3.57. The second-order valence-electron chi connectivity index (χ2n) is 3.76. The molecule has 0 aliphatic rings. The minimum Gasteiger partial charge on any atom is -0.277 e. The first-order valence-corrected chi connectivity index (χ1v) is 7.47. The van der Waals surface area contributed by atoms with Crippen molar-refractivity contribution in [3.63, 3.8) is 0 Å². The first kappa shape index (κ1) is 13.0. The number of nitrogens with one attached hydrogen (secondary N) is 1. The van der Waals surface area contributed by atoms with E-state index in [-0.39, 0.29) is 4.90 Å². The van der Waals surface area contributed by atoms with E-state index in [0.29, 0.717) is 10.3 Å². The number of hydrogen-bond donors (Lipinski definition) is 1.